The summed E-state index contributed by atoms with van der Waals surface area (Å²) in [5, 5.41) is 0. The molecule has 0 fully saturated rings. The quantitative estimate of drug-likeness (QED) is 0.226. The van der Waals surface area contributed by atoms with Crippen molar-refractivity contribution in [3.63, 3.8) is 0 Å². The average Bonchev–Trinajstić information content (AvgIpc) is 2.75. The zero-order valence-corrected chi connectivity index (χ0v) is 17.0. The largest absolute Gasteiger partial charge is 0.398 e. The van der Waals surface area contributed by atoms with Gasteiger partial charge in [-0.2, -0.15) is 0 Å². The lowest BCUT2D eigenvalue weighted by molar-refractivity contribution is 0.894. The molecule has 0 spiro atoms. The van der Waals surface area contributed by atoms with Crippen LogP contribution >= 0.6 is 24.2 Å². The summed E-state index contributed by atoms with van der Waals surface area (Å²) in [5.41, 5.74) is 10.8. The lowest BCUT2D eigenvalue weighted by Gasteiger charge is -2.35. The van der Waals surface area contributed by atoms with Gasteiger partial charge in [-0.1, -0.05) is 103 Å². The van der Waals surface area contributed by atoms with Gasteiger partial charge >= 0.3 is 0 Å². The van der Waals surface area contributed by atoms with Crippen LogP contribution in [0.4, 0.5) is 5.69 Å². The van der Waals surface area contributed by atoms with Gasteiger partial charge in [0.05, 0.1) is 4.75 Å². The Kier molecular flexibility index (Phi) is 6.45. The lowest BCUT2D eigenvalue weighted by atomic mass is 9.84. The van der Waals surface area contributed by atoms with Gasteiger partial charge in [0.15, 0.2) is 0 Å². The topological polar surface area (TPSA) is 26.0 Å². The normalized spacial score (nSPS) is 10.9. The Bertz CT molecular complexity index is 907. The lowest BCUT2D eigenvalue weighted by Crippen LogP contribution is -2.25. The van der Waals surface area contributed by atoms with Crippen LogP contribution in [0.25, 0.3) is 0 Å². The van der Waals surface area contributed by atoms with Crippen molar-refractivity contribution in [3.8, 4) is 0 Å². The summed E-state index contributed by atoms with van der Waals surface area (Å²) < 4.78 is -0.390. The Morgan fingerprint density at radius 3 is 1.25 bits per heavy atom. The third-order valence-corrected chi connectivity index (χ3v) is 6.33. The van der Waals surface area contributed by atoms with E-state index in [9.17, 15) is 0 Å². The van der Waals surface area contributed by atoms with Gasteiger partial charge in [0.1, 0.15) is 0 Å². The van der Waals surface area contributed by atoms with E-state index < -0.39 is 0 Å². The number of anilines is 1. The van der Waals surface area contributed by atoms with Crippen LogP contribution in [0.1, 0.15) is 16.7 Å². The minimum Gasteiger partial charge on any atom is -0.398 e. The summed E-state index contributed by atoms with van der Waals surface area (Å²) in [5.74, 6) is 0. The highest BCUT2D eigenvalue weighted by Gasteiger charge is 2.37. The fourth-order valence-electron chi connectivity index (χ4n) is 3.43. The van der Waals surface area contributed by atoms with Crippen molar-refractivity contribution >= 4 is 29.9 Å². The molecule has 3 heteroatoms. The Hall–Kier alpha value is -2.68. The first-order valence-corrected chi connectivity index (χ1v) is 9.82. The highest BCUT2D eigenvalue weighted by Crippen LogP contribution is 2.52. The number of hydrogen-bond donors (Lipinski definition) is 1. The predicted octanol–water partition coefficient (Wildman–Crippen LogP) is 6.77. The molecule has 2 N–H and O–H groups in total. The molecule has 0 radical (unpaired) electrons. The van der Waals surface area contributed by atoms with E-state index in [1.54, 1.807) is 11.8 Å². The van der Waals surface area contributed by atoms with Crippen LogP contribution in [0.15, 0.2) is 120 Å². The second-order valence-electron chi connectivity index (χ2n) is 6.42. The molecule has 0 unspecified atom stereocenters. The average molecular weight is 404 g/mol. The van der Waals surface area contributed by atoms with Crippen LogP contribution in [-0.4, -0.2) is 0 Å². The minimum absolute atomic E-state index is 0. The second-order valence-corrected chi connectivity index (χ2v) is 7.68. The molecule has 0 aliphatic heterocycles. The Morgan fingerprint density at radius 2 is 0.857 bits per heavy atom. The number of nitrogens with two attached hydrogens (primary N) is 1. The molecule has 0 bridgehead atoms. The van der Waals surface area contributed by atoms with Gasteiger partial charge in [-0.15, -0.1) is 24.2 Å². The van der Waals surface area contributed by atoms with E-state index in [0.717, 1.165) is 10.6 Å². The van der Waals surface area contributed by atoms with E-state index in [4.69, 9.17) is 5.73 Å². The molecule has 28 heavy (non-hydrogen) atoms. The molecule has 4 aromatic rings. The van der Waals surface area contributed by atoms with Gasteiger partial charge in [-0.05, 0) is 28.8 Å². The molecule has 0 aliphatic carbocycles. The van der Waals surface area contributed by atoms with Gasteiger partial charge in [-0.3, -0.25) is 0 Å². The van der Waals surface area contributed by atoms with Crippen LogP contribution in [0.5, 0.6) is 0 Å². The highest BCUT2D eigenvalue weighted by molar-refractivity contribution is 8.00. The second kappa shape index (κ2) is 9.01. The fourth-order valence-corrected chi connectivity index (χ4v) is 4.86. The standard InChI is InChI=1S/C25H21NS.ClH/c26-23-18-10-11-19-24(23)27-25(20-12-4-1-5-13-20,21-14-6-2-7-15-21)22-16-8-3-9-17-22;/h1-19H,26H2;1H. The van der Waals surface area contributed by atoms with Crippen molar-refractivity contribution < 1.29 is 0 Å². The van der Waals surface area contributed by atoms with E-state index in [-0.39, 0.29) is 17.2 Å². The summed E-state index contributed by atoms with van der Waals surface area (Å²) in [4.78, 5) is 1.08. The van der Waals surface area contributed by atoms with Crippen molar-refractivity contribution in [2.24, 2.45) is 0 Å². The van der Waals surface area contributed by atoms with E-state index in [0.29, 0.717) is 0 Å². The van der Waals surface area contributed by atoms with Crippen molar-refractivity contribution in [1.82, 2.24) is 0 Å². The molecule has 0 heterocycles. The van der Waals surface area contributed by atoms with Gasteiger partial charge in [0.2, 0.25) is 0 Å². The zero-order valence-electron chi connectivity index (χ0n) is 15.4. The Balaban J connectivity index is 0.00000225. The van der Waals surface area contributed by atoms with E-state index in [1.165, 1.54) is 16.7 Å². The third-order valence-electron chi connectivity index (χ3n) is 4.72. The Labute approximate surface area is 177 Å². The summed E-state index contributed by atoms with van der Waals surface area (Å²) in [6, 6.07) is 40.1. The van der Waals surface area contributed by atoms with E-state index in [1.807, 2.05) is 18.2 Å². The molecule has 4 aromatic carbocycles. The Morgan fingerprint density at radius 1 is 0.500 bits per heavy atom. The summed E-state index contributed by atoms with van der Waals surface area (Å²) in [7, 11) is 0. The zero-order chi connectivity index (χ0) is 18.5. The molecule has 140 valence electrons. The summed E-state index contributed by atoms with van der Waals surface area (Å²) >= 11 is 1.80. The monoisotopic (exact) mass is 403 g/mol. The number of para-hydroxylation sites is 1. The van der Waals surface area contributed by atoms with Gasteiger partial charge in [0.25, 0.3) is 0 Å². The first-order chi connectivity index (χ1) is 13.3. The molecular weight excluding hydrogens is 382 g/mol. The summed E-state index contributed by atoms with van der Waals surface area (Å²) in [6.45, 7) is 0. The maximum atomic E-state index is 6.34. The van der Waals surface area contributed by atoms with Crippen molar-refractivity contribution in [2.45, 2.75) is 9.64 Å². The number of rotatable bonds is 5. The fraction of sp³-hybridized carbons (Fsp3) is 0.0400. The maximum absolute atomic E-state index is 6.34. The molecule has 0 saturated heterocycles. The molecule has 4 rings (SSSR count). The molecule has 0 aliphatic rings. The molecule has 0 atom stereocenters. The smallest absolute Gasteiger partial charge is 0.0954 e. The maximum Gasteiger partial charge on any atom is 0.0954 e. The number of benzene rings is 4. The van der Waals surface area contributed by atoms with Crippen LogP contribution in [0.3, 0.4) is 0 Å². The van der Waals surface area contributed by atoms with E-state index in [2.05, 4.69) is 97.1 Å². The molecule has 1 nitrogen and oxygen atoms in total. The van der Waals surface area contributed by atoms with Crippen molar-refractivity contribution in [3.05, 3.63) is 132 Å². The molecule has 0 saturated carbocycles. The number of thioether (sulfide) groups is 1. The molecule has 0 amide bonds. The highest BCUT2D eigenvalue weighted by atomic mass is 35.5. The number of hydrogen-bond acceptors (Lipinski definition) is 2. The van der Waals surface area contributed by atoms with Crippen molar-refractivity contribution in [1.29, 1.82) is 0 Å². The minimum atomic E-state index is -0.390. The van der Waals surface area contributed by atoms with Crippen LogP contribution < -0.4 is 5.73 Å². The third kappa shape index (κ3) is 3.80. The first-order valence-electron chi connectivity index (χ1n) is 9.01. The van der Waals surface area contributed by atoms with Crippen LogP contribution in [0.2, 0.25) is 0 Å². The SMILES string of the molecule is Cl.Nc1ccccc1SC(c1ccccc1)(c1ccccc1)c1ccccc1. The number of nitrogen functional groups attached to an aromatic ring is 1. The van der Waals surface area contributed by atoms with E-state index >= 15 is 0 Å². The molecular formula is C25H22ClNS. The van der Waals surface area contributed by atoms with Gasteiger partial charge in [0, 0.05) is 10.6 Å². The van der Waals surface area contributed by atoms with Crippen LogP contribution in [-0.2, 0) is 4.75 Å². The first kappa shape index (κ1) is 20.1. The van der Waals surface area contributed by atoms with Gasteiger partial charge in [-0.25, -0.2) is 0 Å². The van der Waals surface area contributed by atoms with Crippen molar-refractivity contribution in [2.75, 3.05) is 5.73 Å². The van der Waals surface area contributed by atoms with Gasteiger partial charge < -0.3 is 5.73 Å². The number of halogens is 1. The summed E-state index contributed by atoms with van der Waals surface area (Å²) in [6.07, 6.45) is 0. The van der Waals surface area contributed by atoms with Crippen LogP contribution in [0, 0.1) is 0 Å². The predicted molar refractivity (Wildman–Crippen MR) is 123 cm³/mol. The molecule has 0 aromatic heterocycles.